The maximum absolute atomic E-state index is 12.5. The van der Waals surface area contributed by atoms with E-state index in [-0.39, 0.29) is 10.5 Å². The number of ether oxygens (including phenoxy) is 1. The number of nitrogens with zero attached hydrogens (tertiary/aromatic N) is 3. The summed E-state index contributed by atoms with van der Waals surface area (Å²) in [6, 6.07) is 4.41. The van der Waals surface area contributed by atoms with Crippen molar-refractivity contribution in [2.75, 3.05) is 12.9 Å². The maximum Gasteiger partial charge on any atom is 0.345 e. The number of aryl methyl sites for hydroxylation is 1. The molecule has 0 amide bonds. The zero-order chi connectivity index (χ0) is 18.2. The van der Waals surface area contributed by atoms with Crippen LogP contribution >= 0.6 is 0 Å². The van der Waals surface area contributed by atoms with Gasteiger partial charge in [-0.15, -0.1) is 0 Å². The molecule has 0 saturated carbocycles. The summed E-state index contributed by atoms with van der Waals surface area (Å²) >= 11 is 0. The van der Waals surface area contributed by atoms with Gasteiger partial charge in [0.1, 0.15) is 6.61 Å². The zero-order valence-electron chi connectivity index (χ0n) is 14.0. The van der Waals surface area contributed by atoms with Crippen LogP contribution < -0.4 is 4.74 Å². The molecule has 0 bridgehead atoms. The number of benzene rings is 1. The van der Waals surface area contributed by atoms with Crippen molar-refractivity contribution in [3.63, 3.8) is 0 Å². The summed E-state index contributed by atoms with van der Waals surface area (Å²) in [5.41, 5.74) is 1.66. The molecule has 0 radical (unpaired) electrons. The number of oxime groups is 1. The second-order valence-corrected chi connectivity index (χ2v) is 7.67. The van der Waals surface area contributed by atoms with E-state index in [1.165, 1.54) is 23.0 Å². The molecule has 9 heteroatoms. The highest BCUT2D eigenvalue weighted by atomic mass is 32.2. The molecule has 2 aromatic rings. The number of carbonyl (C=O) groups excluding carboxylic acids is 1. The molecule has 0 unspecified atom stereocenters. The predicted molar refractivity (Wildman–Crippen MR) is 89.6 cm³/mol. The Bertz CT molecular complexity index is 976. The fourth-order valence-electron chi connectivity index (χ4n) is 2.67. The molecule has 2 heterocycles. The molecule has 0 aliphatic carbocycles. The molecule has 1 aliphatic rings. The Hall–Kier alpha value is -2.68. The molecule has 1 aromatic heterocycles. The fraction of sp³-hybridized carbons (Fsp3) is 0.312. The first kappa shape index (κ1) is 17.2. The summed E-state index contributed by atoms with van der Waals surface area (Å²) in [7, 11) is -1.84. The number of rotatable bonds is 4. The van der Waals surface area contributed by atoms with Gasteiger partial charge in [-0.2, -0.15) is 5.10 Å². The van der Waals surface area contributed by atoms with Gasteiger partial charge < -0.3 is 9.57 Å². The molecule has 0 saturated heterocycles. The number of sulfone groups is 1. The van der Waals surface area contributed by atoms with Crippen LogP contribution in [0.15, 0.2) is 34.4 Å². The Balaban J connectivity index is 2.08. The lowest BCUT2D eigenvalue weighted by molar-refractivity contribution is 0.0719. The Morgan fingerprint density at radius 2 is 2.08 bits per heavy atom. The van der Waals surface area contributed by atoms with Gasteiger partial charge in [-0.25, -0.2) is 17.9 Å². The Labute approximate surface area is 145 Å². The summed E-state index contributed by atoms with van der Waals surface area (Å²) in [5.74, 6) is -0.304. The van der Waals surface area contributed by atoms with Crippen molar-refractivity contribution in [3.8, 4) is 5.88 Å². The summed E-state index contributed by atoms with van der Waals surface area (Å²) in [5, 5.41) is 7.85. The van der Waals surface area contributed by atoms with Gasteiger partial charge in [0.2, 0.25) is 5.88 Å². The third kappa shape index (κ3) is 3.27. The number of carbonyl (C=O) groups is 1. The molecule has 25 heavy (non-hydrogen) atoms. The molecule has 0 spiro atoms. The number of hydrogen-bond acceptors (Lipinski definition) is 7. The van der Waals surface area contributed by atoms with Gasteiger partial charge >= 0.3 is 5.97 Å². The van der Waals surface area contributed by atoms with Crippen molar-refractivity contribution in [2.45, 2.75) is 18.2 Å². The Kier molecular flexibility index (Phi) is 4.34. The highest BCUT2D eigenvalue weighted by molar-refractivity contribution is 7.90. The van der Waals surface area contributed by atoms with Crippen LogP contribution in [-0.4, -0.2) is 42.7 Å². The van der Waals surface area contributed by atoms with Gasteiger partial charge in [0.05, 0.1) is 22.4 Å². The van der Waals surface area contributed by atoms with Crippen molar-refractivity contribution >= 4 is 21.5 Å². The molecule has 1 aliphatic heterocycles. The van der Waals surface area contributed by atoms with Crippen LogP contribution in [0.1, 0.15) is 27.9 Å². The van der Waals surface area contributed by atoms with Gasteiger partial charge in [0.15, 0.2) is 9.84 Å². The SMILES string of the molecule is Cc1c(C(=O)Oc2ccnn2C)ccc(S(C)(=O)=O)c1C1=NOCC1. The van der Waals surface area contributed by atoms with Crippen molar-refractivity contribution in [1.82, 2.24) is 9.78 Å². The van der Waals surface area contributed by atoms with Crippen molar-refractivity contribution in [2.24, 2.45) is 12.2 Å². The van der Waals surface area contributed by atoms with Crippen molar-refractivity contribution < 1.29 is 22.8 Å². The number of hydrogen-bond donors (Lipinski definition) is 0. The second kappa shape index (κ2) is 6.32. The number of esters is 1. The largest absolute Gasteiger partial charge is 0.404 e. The Morgan fingerprint density at radius 1 is 1.32 bits per heavy atom. The van der Waals surface area contributed by atoms with Crippen molar-refractivity contribution in [1.29, 1.82) is 0 Å². The van der Waals surface area contributed by atoms with Crippen LogP contribution in [0.25, 0.3) is 0 Å². The van der Waals surface area contributed by atoms with Gasteiger partial charge in [-0.3, -0.25) is 0 Å². The summed E-state index contributed by atoms with van der Waals surface area (Å²) in [6.07, 6.45) is 3.11. The summed E-state index contributed by atoms with van der Waals surface area (Å²) in [4.78, 5) is 17.6. The fourth-order valence-corrected chi connectivity index (χ4v) is 3.63. The zero-order valence-corrected chi connectivity index (χ0v) is 14.8. The van der Waals surface area contributed by atoms with E-state index in [9.17, 15) is 13.2 Å². The van der Waals surface area contributed by atoms with E-state index in [0.717, 1.165) is 6.26 Å². The first-order valence-corrected chi connectivity index (χ1v) is 9.41. The van der Waals surface area contributed by atoms with E-state index in [2.05, 4.69) is 10.3 Å². The molecule has 3 rings (SSSR count). The maximum atomic E-state index is 12.5. The van der Waals surface area contributed by atoms with Crippen LogP contribution in [0.2, 0.25) is 0 Å². The monoisotopic (exact) mass is 363 g/mol. The predicted octanol–water partition coefficient (Wildman–Crippen LogP) is 1.48. The highest BCUT2D eigenvalue weighted by Crippen LogP contribution is 2.27. The lowest BCUT2D eigenvalue weighted by atomic mass is 9.97. The summed E-state index contributed by atoms with van der Waals surface area (Å²) in [6.45, 7) is 2.05. The first-order chi connectivity index (χ1) is 11.8. The quantitative estimate of drug-likeness (QED) is 0.763. The standard InChI is InChI=1S/C16H17N3O5S/c1-10-11(16(20)24-14-6-8-17-19(14)2)4-5-13(25(3,21)22)15(10)12-7-9-23-18-12/h4-6,8H,7,9H2,1-3H3. The average molecular weight is 363 g/mol. The van der Waals surface area contributed by atoms with E-state index in [4.69, 9.17) is 9.57 Å². The molecule has 0 fully saturated rings. The van der Waals surface area contributed by atoms with Gasteiger partial charge in [0.25, 0.3) is 0 Å². The number of aromatic nitrogens is 2. The molecule has 0 atom stereocenters. The molecule has 132 valence electrons. The molecule has 1 aromatic carbocycles. The third-order valence-electron chi connectivity index (χ3n) is 3.91. The lowest BCUT2D eigenvalue weighted by Crippen LogP contribution is -2.17. The van der Waals surface area contributed by atoms with E-state index in [1.807, 2.05) is 0 Å². The van der Waals surface area contributed by atoms with Crippen molar-refractivity contribution in [3.05, 3.63) is 41.1 Å². The van der Waals surface area contributed by atoms with Crippen LogP contribution in [0, 0.1) is 6.92 Å². The van der Waals surface area contributed by atoms with Crippen LogP contribution in [0.5, 0.6) is 5.88 Å². The topological polar surface area (TPSA) is 99.8 Å². The molecule has 0 N–H and O–H groups in total. The van der Waals surface area contributed by atoms with E-state index >= 15 is 0 Å². The minimum Gasteiger partial charge on any atom is -0.404 e. The second-order valence-electron chi connectivity index (χ2n) is 5.69. The van der Waals surface area contributed by atoms with E-state index in [1.54, 1.807) is 20.0 Å². The van der Waals surface area contributed by atoms with Gasteiger partial charge in [0, 0.05) is 31.4 Å². The lowest BCUT2D eigenvalue weighted by Gasteiger charge is -2.14. The summed E-state index contributed by atoms with van der Waals surface area (Å²) < 4.78 is 31.0. The van der Waals surface area contributed by atoms with Crippen LogP contribution in [0.3, 0.4) is 0 Å². The van der Waals surface area contributed by atoms with Crippen LogP contribution in [-0.2, 0) is 21.7 Å². The minimum absolute atomic E-state index is 0.117. The highest BCUT2D eigenvalue weighted by Gasteiger charge is 2.26. The molecule has 8 nitrogen and oxygen atoms in total. The third-order valence-corrected chi connectivity index (χ3v) is 5.05. The molecular formula is C16H17N3O5S. The molecular weight excluding hydrogens is 346 g/mol. The minimum atomic E-state index is -3.50. The Morgan fingerprint density at radius 3 is 2.64 bits per heavy atom. The first-order valence-electron chi connectivity index (χ1n) is 7.52. The van der Waals surface area contributed by atoms with E-state index < -0.39 is 15.8 Å². The average Bonchev–Trinajstić information content (AvgIpc) is 3.18. The van der Waals surface area contributed by atoms with Gasteiger partial charge in [-0.1, -0.05) is 5.16 Å². The smallest absolute Gasteiger partial charge is 0.345 e. The van der Waals surface area contributed by atoms with Crippen LogP contribution in [0.4, 0.5) is 0 Å². The normalized spacial score (nSPS) is 14.1. The van der Waals surface area contributed by atoms with Gasteiger partial charge in [-0.05, 0) is 24.6 Å². The van der Waals surface area contributed by atoms with E-state index in [0.29, 0.717) is 35.7 Å².